The van der Waals surface area contributed by atoms with Gasteiger partial charge in [0.25, 0.3) is 5.65 Å². The smallest absolute Gasteiger partial charge is 0.347 e. The Bertz CT molecular complexity index is 1250. The van der Waals surface area contributed by atoms with Crippen molar-refractivity contribution in [2.45, 2.75) is 0 Å². The molecule has 0 bridgehead atoms. The fraction of sp³-hybridized carbons (Fsp3) is 0.0526. The second-order valence-electron chi connectivity index (χ2n) is 5.72. The summed E-state index contributed by atoms with van der Waals surface area (Å²) in [6.45, 7) is 0. The molecule has 0 amide bonds. The summed E-state index contributed by atoms with van der Waals surface area (Å²) in [5, 5.41) is 4.06. The molecule has 0 unspecified atom stereocenters. The molecule has 0 radical (unpaired) electrons. The van der Waals surface area contributed by atoms with Gasteiger partial charge in [0, 0.05) is 5.39 Å². The molecule has 23 heavy (non-hydrogen) atoms. The van der Waals surface area contributed by atoms with Crippen LogP contribution >= 0.6 is 0 Å². The number of hydrogen-bond acceptors (Lipinski definition) is 1. The molecule has 3 aromatic carbocycles. The van der Waals surface area contributed by atoms with E-state index in [9.17, 15) is 4.79 Å². The molecule has 0 spiro atoms. The fourth-order valence-electron chi connectivity index (χ4n) is 3.65. The van der Waals surface area contributed by atoms with E-state index in [-0.39, 0.29) is 18.0 Å². The van der Waals surface area contributed by atoms with Gasteiger partial charge in [-0.2, -0.15) is 4.40 Å². The van der Waals surface area contributed by atoms with Gasteiger partial charge in [-0.15, -0.1) is 0 Å². The summed E-state index contributed by atoms with van der Waals surface area (Å²) >= 11 is 0. The highest BCUT2D eigenvalue weighted by molar-refractivity contribution is 6.14. The number of rotatable bonds is 0. The second kappa shape index (κ2) is 4.67. The topological polar surface area (TPSA) is 25.4 Å². The van der Waals surface area contributed by atoms with Crippen LogP contribution in [0.1, 0.15) is 0 Å². The number of aryl methyl sites for hydroxylation is 1. The maximum atomic E-state index is 13.1. The zero-order valence-electron chi connectivity index (χ0n) is 12.5. The van der Waals surface area contributed by atoms with E-state index in [1.165, 1.54) is 0 Å². The van der Waals surface area contributed by atoms with E-state index in [4.69, 9.17) is 0 Å². The predicted molar refractivity (Wildman–Crippen MR) is 88.5 cm³/mol. The van der Waals surface area contributed by atoms with E-state index < -0.39 is 0 Å². The Labute approximate surface area is 138 Å². The second-order valence-corrected chi connectivity index (χ2v) is 5.72. The van der Waals surface area contributed by atoms with E-state index in [0.717, 1.165) is 38.2 Å². The van der Waals surface area contributed by atoms with Crippen LogP contribution in [0.3, 0.4) is 0 Å². The molecule has 2 aromatic heterocycles. The maximum Gasteiger partial charge on any atom is 0.347 e. The monoisotopic (exact) mass is 320 g/mol. The lowest BCUT2D eigenvalue weighted by Crippen LogP contribution is -3.00. The van der Waals surface area contributed by atoms with Crippen molar-refractivity contribution < 1.29 is 17.0 Å². The van der Waals surface area contributed by atoms with E-state index in [2.05, 4.69) is 34.9 Å². The number of para-hydroxylation sites is 2. The molecule has 0 saturated carbocycles. The van der Waals surface area contributed by atoms with Crippen molar-refractivity contribution in [1.82, 2.24) is 4.40 Å². The largest absolute Gasteiger partial charge is 1.00 e. The highest BCUT2D eigenvalue weighted by Gasteiger charge is 2.23. The number of imidazole rings is 1. The quantitative estimate of drug-likeness (QED) is 0.370. The summed E-state index contributed by atoms with van der Waals surface area (Å²) in [6, 6.07) is 20.2. The van der Waals surface area contributed by atoms with E-state index in [0.29, 0.717) is 0 Å². The Hall–Kier alpha value is -2.65. The SMILES string of the molecule is C[n+]1c2ccccc2n2c(=O)c3cccc4cccc(c43)c21.[Cl-]. The Morgan fingerprint density at radius 3 is 2.35 bits per heavy atom. The zero-order chi connectivity index (χ0) is 14.8. The molecular weight excluding hydrogens is 308 g/mol. The van der Waals surface area contributed by atoms with E-state index >= 15 is 0 Å². The fourth-order valence-corrected chi connectivity index (χ4v) is 3.65. The van der Waals surface area contributed by atoms with Gasteiger partial charge in [-0.25, -0.2) is 9.36 Å². The van der Waals surface area contributed by atoms with Crippen LogP contribution in [0.2, 0.25) is 0 Å². The number of nitrogens with zero attached hydrogens (tertiary/aromatic N) is 2. The molecule has 0 fully saturated rings. The van der Waals surface area contributed by atoms with Crippen molar-refractivity contribution in [2.24, 2.45) is 7.05 Å². The van der Waals surface area contributed by atoms with Gasteiger partial charge in [0.1, 0.15) is 0 Å². The lowest BCUT2D eigenvalue weighted by atomic mass is 10.0. The van der Waals surface area contributed by atoms with Crippen LogP contribution < -0.4 is 22.5 Å². The highest BCUT2D eigenvalue weighted by atomic mass is 35.5. The summed E-state index contributed by atoms with van der Waals surface area (Å²) < 4.78 is 3.95. The standard InChI is InChI=1S/C19H13N2O.ClH/c1-20-15-10-2-3-11-16(15)21-18(20)13-8-4-6-12-7-5-9-14(17(12)13)19(21)22;/h2-11H,1H3;1H/q+1;/p-1. The molecule has 2 heterocycles. The van der Waals surface area contributed by atoms with Gasteiger partial charge >= 0.3 is 5.56 Å². The number of benzene rings is 3. The van der Waals surface area contributed by atoms with Crippen molar-refractivity contribution in [1.29, 1.82) is 0 Å². The van der Waals surface area contributed by atoms with Crippen LogP contribution in [0.15, 0.2) is 65.5 Å². The van der Waals surface area contributed by atoms with Crippen LogP contribution in [0, 0.1) is 0 Å². The molecule has 0 aliphatic heterocycles. The summed E-state index contributed by atoms with van der Waals surface area (Å²) in [5.74, 6) is 0. The average Bonchev–Trinajstić information content (AvgIpc) is 2.86. The highest BCUT2D eigenvalue weighted by Crippen LogP contribution is 2.28. The molecule has 4 heteroatoms. The van der Waals surface area contributed by atoms with Crippen LogP contribution in [-0.2, 0) is 7.05 Å². The van der Waals surface area contributed by atoms with Gasteiger partial charge in [0.15, 0.2) is 11.0 Å². The lowest BCUT2D eigenvalue weighted by Gasteiger charge is -2.03. The van der Waals surface area contributed by atoms with Gasteiger partial charge in [0.2, 0.25) is 0 Å². The van der Waals surface area contributed by atoms with Crippen molar-refractivity contribution in [3.8, 4) is 0 Å². The normalized spacial score (nSPS) is 11.5. The number of pyridine rings is 1. The van der Waals surface area contributed by atoms with Gasteiger partial charge in [-0.3, -0.25) is 0 Å². The number of fused-ring (bicyclic) bond motifs is 4. The van der Waals surface area contributed by atoms with Crippen LogP contribution in [0.25, 0.3) is 38.2 Å². The maximum absolute atomic E-state index is 13.1. The number of hydrogen-bond donors (Lipinski definition) is 0. The van der Waals surface area contributed by atoms with Gasteiger partial charge in [-0.05, 0) is 29.7 Å². The third kappa shape index (κ3) is 1.60. The molecule has 0 aliphatic rings. The van der Waals surface area contributed by atoms with Crippen molar-refractivity contribution in [3.63, 3.8) is 0 Å². The Morgan fingerprint density at radius 1 is 0.870 bits per heavy atom. The summed E-state index contributed by atoms with van der Waals surface area (Å²) in [5.41, 5.74) is 3.03. The molecule has 0 aliphatic carbocycles. The molecule has 3 nitrogen and oxygen atoms in total. The first-order valence-corrected chi connectivity index (χ1v) is 7.33. The van der Waals surface area contributed by atoms with E-state index in [1.807, 2.05) is 41.8 Å². The van der Waals surface area contributed by atoms with Crippen LogP contribution in [-0.4, -0.2) is 4.40 Å². The predicted octanol–water partition coefficient (Wildman–Crippen LogP) is 0.0254. The Kier molecular flexibility index (Phi) is 2.84. The van der Waals surface area contributed by atoms with Gasteiger partial charge < -0.3 is 12.4 Å². The third-order valence-corrected chi connectivity index (χ3v) is 4.59. The minimum atomic E-state index is 0. The average molecular weight is 321 g/mol. The summed E-state index contributed by atoms with van der Waals surface area (Å²) in [7, 11) is 2.02. The molecular formula is C19H13ClN2O. The van der Waals surface area contributed by atoms with Crippen molar-refractivity contribution >= 4 is 38.2 Å². The van der Waals surface area contributed by atoms with Gasteiger partial charge in [-0.1, -0.05) is 36.4 Å². The third-order valence-electron chi connectivity index (χ3n) is 4.59. The Morgan fingerprint density at radius 2 is 1.57 bits per heavy atom. The van der Waals surface area contributed by atoms with Crippen LogP contribution in [0.4, 0.5) is 0 Å². The molecule has 0 N–H and O–H groups in total. The molecule has 0 atom stereocenters. The minimum Gasteiger partial charge on any atom is -1.00 e. The lowest BCUT2D eigenvalue weighted by molar-refractivity contribution is -0.617. The van der Waals surface area contributed by atoms with Gasteiger partial charge in [0.05, 0.1) is 17.8 Å². The minimum absolute atomic E-state index is 0. The first-order chi connectivity index (χ1) is 10.8. The van der Waals surface area contributed by atoms with Crippen molar-refractivity contribution in [2.75, 3.05) is 0 Å². The summed E-state index contributed by atoms with van der Waals surface area (Å²) in [6.07, 6.45) is 0. The Balaban J connectivity index is 0.00000135. The first kappa shape index (κ1) is 14.0. The first-order valence-electron chi connectivity index (χ1n) is 7.33. The molecule has 0 saturated heterocycles. The molecule has 112 valence electrons. The zero-order valence-corrected chi connectivity index (χ0v) is 13.2. The molecule has 5 aromatic rings. The number of aromatic nitrogens is 2. The summed E-state index contributed by atoms with van der Waals surface area (Å²) in [4.78, 5) is 13.1. The van der Waals surface area contributed by atoms with Crippen LogP contribution in [0.5, 0.6) is 0 Å². The van der Waals surface area contributed by atoms with E-state index in [1.54, 1.807) is 0 Å². The molecule has 5 rings (SSSR count). The number of halogens is 1. The van der Waals surface area contributed by atoms with Crippen molar-refractivity contribution in [3.05, 3.63) is 71.0 Å².